The van der Waals surface area contributed by atoms with Gasteiger partial charge in [0.25, 0.3) is 5.91 Å². The molecule has 1 amide bonds. The Bertz CT molecular complexity index is 558. The topological polar surface area (TPSA) is 58.6 Å². The predicted octanol–water partition coefficient (Wildman–Crippen LogP) is 1.93. The number of fused-ring (bicyclic) bond motifs is 3. The molecular weight excluding hydrogens is 268 g/mol. The lowest BCUT2D eigenvalue weighted by Gasteiger charge is -2.46. The van der Waals surface area contributed by atoms with Crippen molar-refractivity contribution in [2.45, 2.75) is 32.4 Å². The number of hydrogen-bond acceptors (Lipinski definition) is 4. The van der Waals surface area contributed by atoms with Gasteiger partial charge in [-0.1, -0.05) is 12.1 Å². The number of benzene rings is 1. The van der Waals surface area contributed by atoms with Crippen molar-refractivity contribution < 1.29 is 14.3 Å². The van der Waals surface area contributed by atoms with Gasteiger partial charge in [-0.3, -0.25) is 9.59 Å². The molecule has 0 unspecified atom stereocenters. The first-order valence-electron chi connectivity index (χ1n) is 7.53. The van der Waals surface area contributed by atoms with Crippen molar-refractivity contribution in [3.8, 4) is 0 Å². The molecule has 2 heterocycles. The van der Waals surface area contributed by atoms with Gasteiger partial charge in [-0.25, -0.2) is 0 Å². The molecule has 2 atom stereocenters. The molecule has 1 fully saturated rings. The molecule has 5 heteroatoms. The normalized spacial score (nSPS) is 23.9. The van der Waals surface area contributed by atoms with Gasteiger partial charge in [-0.05, 0) is 31.9 Å². The Kier molecular flexibility index (Phi) is 3.82. The fourth-order valence-corrected chi connectivity index (χ4v) is 3.32. The fraction of sp³-hybridized carbons (Fsp3) is 0.500. The maximum Gasteiger partial charge on any atom is 0.306 e. The summed E-state index contributed by atoms with van der Waals surface area (Å²) in [5, 5.41) is 3.05. The molecule has 0 bridgehead atoms. The maximum absolute atomic E-state index is 12.2. The highest BCUT2D eigenvalue weighted by Gasteiger charge is 2.38. The van der Waals surface area contributed by atoms with E-state index in [-0.39, 0.29) is 24.0 Å². The molecule has 3 rings (SSSR count). The van der Waals surface area contributed by atoms with Crippen LogP contribution in [0.1, 0.15) is 36.5 Å². The molecule has 0 saturated carbocycles. The van der Waals surface area contributed by atoms with E-state index in [0.717, 1.165) is 25.1 Å². The largest absolute Gasteiger partial charge is 0.466 e. The number of carbonyl (C=O) groups is 2. The Labute approximate surface area is 124 Å². The molecule has 2 aliphatic heterocycles. The van der Waals surface area contributed by atoms with E-state index in [2.05, 4.69) is 10.2 Å². The van der Waals surface area contributed by atoms with Gasteiger partial charge >= 0.3 is 5.97 Å². The van der Waals surface area contributed by atoms with Gasteiger partial charge in [0.15, 0.2) is 0 Å². The number of carbonyl (C=O) groups excluding carboxylic acids is 2. The number of para-hydroxylation sites is 1. The molecule has 0 aliphatic carbocycles. The van der Waals surface area contributed by atoms with E-state index in [1.165, 1.54) is 0 Å². The number of nitrogens with zero attached hydrogens (tertiary/aromatic N) is 1. The standard InChI is InChI=1S/C16H20N2O3/c1-2-21-14(19)10-11-6-5-9-18-13-8-4-3-7-12(13)16(20)17-15(11)18/h3-4,7-8,11,15H,2,5-6,9-10H2,1H3,(H,17,20)/t11-,15-/m1/s1. The Hall–Kier alpha value is -2.04. The van der Waals surface area contributed by atoms with Gasteiger partial charge in [0, 0.05) is 12.5 Å². The molecule has 21 heavy (non-hydrogen) atoms. The summed E-state index contributed by atoms with van der Waals surface area (Å²) in [7, 11) is 0. The quantitative estimate of drug-likeness (QED) is 0.863. The van der Waals surface area contributed by atoms with Crippen LogP contribution in [-0.2, 0) is 9.53 Å². The summed E-state index contributed by atoms with van der Waals surface area (Å²) in [4.78, 5) is 26.2. The van der Waals surface area contributed by atoms with Crippen LogP contribution in [0.5, 0.6) is 0 Å². The Morgan fingerprint density at radius 3 is 3.05 bits per heavy atom. The van der Waals surface area contributed by atoms with Crippen LogP contribution in [0, 0.1) is 5.92 Å². The van der Waals surface area contributed by atoms with Gasteiger partial charge in [0.1, 0.15) is 6.17 Å². The smallest absolute Gasteiger partial charge is 0.306 e. The van der Waals surface area contributed by atoms with E-state index in [1.54, 1.807) is 0 Å². The van der Waals surface area contributed by atoms with Crippen molar-refractivity contribution in [3.63, 3.8) is 0 Å². The van der Waals surface area contributed by atoms with Gasteiger partial charge in [0.05, 0.1) is 24.3 Å². The first kappa shape index (κ1) is 13.9. The third-order valence-electron chi connectivity index (χ3n) is 4.23. The lowest BCUT2D eigenvalue weighted by atomic mass is 9.88. The van der Waals surface area contributed by atoms with Crippen LogP contribution in [0.2, 0.25) is 0 Å². The van der Waals surface area contributed by atoms with Crippen LogP contribution in [0.25, 0.3) is 0 Å². The minimum atomic E-state index is -0.183. The highest BCUT2D eigenvalue weighted by atomic mass is 16.5. The number of esters is 1. The van der Waals surface area contributed by atoms with Crippen molar-refractivity contribution in [3.05, 3.63) is 29.8 Å². The molecule has 5 nitrogen and oxygen atoms in total. The van der Waals surface area contributed by atoms with Crippen molar-refractivity contribution in [1.29, 1.82) is 0 Å². The van der Waals surface area contributed by atoms with Gasteiger partial charge in [0.2, 0.25) is 0 Å². The number of hydrogen-bond donors (Lipinski definition) is 1. The van der Waals surface area contributed by atoms with Crippen LogP contribution >= 0.6 is 0 Å². The predicted molar refractivity (Wildman–Crippen MR) is 79.0 cm³/mol. The van der Waals surface area contributed by atoms with Crippen LogP contribution in [0.3, 0.4) is 0 Å². The maximum atomic E-state index is 12.2. The number of amides is 1. The average Bonchev–Trinajstić information content (AvgIpc) is 2.49. The van der Waals surface area contributed by atoms with E-state index in [9.17, 15) is 9.59 Å². The van der Waals surface area contributed by atoms with Gasteiger partial charge in [-0.2, -0.15) is 0 Å². The first-order valence-corrected chi connectivity index (χ1v) is 7.53. The zero-order valence-corrected chi connectivity index (χ0v) is 12.2. The minimum Gasteiger partial charge on any atom is -0.466 e. The lowest BCUT2D eigenvalue weighted by Crippen LogP contribution is -2.59. The van der Waals surface area contributed by atoms with Crippen LogP contribution in [0.4, 0.5) is 5.69 Å². The number of piperidine rings is 1. The second-order valence-corrected chi connectivity index (χ2v) is 5.54. The molecular formula is C16H20N2O3. The summed E-state index contributed by atoms with van der Waals surface area (Å²) >= 11 is 0. The van der Waals surface area contributed by atoms with Crippen molar-refractivity contribution in [1.82, 2.24) is 5.32 Å². The van der Waals surface area contributed by atoms with Gasteiger partial charge in [-0.15, -0.1) is 0 Å². The second-order valence-electron chi connectivity index (χ2n) is 5.54. The van der Waals surface area contributed by atoms with E-state index in [4.69, 9.17) is 4.74 Å². The van der Waals surface area contributed by atoms with Crippen molar-refractivity contribution in [2.24, 2.45) is 5.92 Å². The monoisotopic (exact) mass is 288 g/mol. The number of nitrogens with one attached hydrogen (secondary N) is 1. The zero-order valence-electron chi connectivity index (χ0n) is 12.2. The Balaban J connectivity index is 1.83. The first-order chi connectivity index (χ1) is 10.2. The molecule has 0 spiro atoms. The third kappa shape index (κ3) is 2.60. The van der Waals surface area contributed by atoms with Crippen molar-refractivity contribution >= 4 is 17.6 Å². The molecule has 112 valence electrons. The van der Waals surface area contributed by atoms with E-state index < -0.39 is 0 Å². The highest BCUT2D eigenvalue weighted by Crippen LogP contribution is 2.34. The molecule has 0 radical (unpaired) electrons. The average molecular weight is 288 g/mol. The summed E-state index contributed by atoms with van der Waals surface area (Å²) in [5.41, 5.74) is 1.69. The molecule has 1 aromatic carbocycles. The van der Waals surface area contributed by atoms with E-state index in [1.807, 2.05) is 31.2 Å². The molecule has 0 aromatic heterocycles. The third-order valence-corrected chi connectivity index (χ3v) is 4.23. The molecule has 1 aromatic rings. The van der Waals surface area contributed by atoms with E-state index >= 15 is 0 Å². The Morgan fingerprint density at radius 2 is 2.24 bits per heavy atom. The zero-order chi connectivity index (χ0) is 14.8. The van der Waals surface area contributed by atoms with Crippen LogP contribution in [-0.4, -0.2) is 31.2 Å². The number of anilines is 1. The molecule has 2 aliphatic rings. The molecule has 1 saturated heterocycles. The summed E-state index contributed by atoms with van der Waals surface area (Å²) in [6.07, 6.45) is 2.20. The molecule has 1 N–H and O–H groups in total. The summed E-state index contributed by atoms with van der Waals surface area (Å²) < 4.78 is 5.05. The number of rotatable bonds is 3. The van der Waals surface area contributed by atoms with Crippen LogP contribution in [0.15, 0.2) is 24.3 Å². The SMILES string of the molecule is CCOC(=O)C[C@H]1CCCN2c3ccccc3C(=O)N[C@@H]12. The number of ether oxygens (including phenoxy) is 1. The second kappa shape index (κ2) is 5.76. The fourth-order valence-electron chi connectivity index (χ4n) is 3.32. The van der Waals surface area contributed by atoms with Crippen LogP contribution < -0.4 is 10.2 Å². The van der Waals surface area contributed by atoms with E-state index in [0.29, 0.717) is 18.6 Å². The lowest BCUT2D eigenvalue weighted by molar-refractivity contribution is -0.144. The van der Waals surface area contributed by atoms with Gasteiger partial charge < -0.3 is 15.0 Å². The summed E-state index contributed by atoms with van der Waals surface area (Å²) in [6.45, 7) is 3.11. The Morgan fingerprint density at radius 1 is 1.43 bits per heavy atom. The minimum absolute atomic E-state index is 0.0531. The summed E-state index contributed by atoms with van der Waals surface area (Å²) in [5.74, 6) is -0.129. The summed E-state index contributed by atoms with van der Waals surface area (Å²) in [6, 6.07) is 7.64. The highest BCUT2D eigenvalue weighted by molar-refractivity contribution is 6.02. The van der Waals surface area contributed by atoms with Crippen molar-refractivity contribution in [2.75, 3.05) is 18.1 Å².